The summed E-state index contributed by atoms with van der Waals surface area (Å²) in [5, 5.41) is 4.84. The van der Waals surface area contributed by atoms with E-state index in [1.54, 1.807) is 12.3 Å². The second-order valence-corrected chi connectivity index (χ2v) is 7.18. The summed E-state index contributed by atoms with van der Waals surface area (Å²) in [7, 11) is 2.98. The van der Waals surface area contributed by atoms with Crippen LogP contribution in [0.5, 0.6) is 5.75 Å². The number of amides is 1. The van der Waals surface area contributed by atoms with E-state index in [1.165, 1.54) is 18.7 Å². The van der Waals surface area contributed by atoms with Crippen LogP contribution >= 0.6 is 0 Å². The van der Waals surface area contributed by atoms with E-state index in [4.69, 9.17) is 4.74 Å². The fraction of sp³-hybridized carbons (Fsp3) is 0.217. The zero-order chi connectivity index (χ0) is 22.1. The second kappa shape index (κ2) is 8.06. The number of carbonyl (C=O) groups is 1. The number of fused-ring (bicyclic) bond motifs is 2. The molecule has 0 fully saturated rings. The van der Waals surface area contributed by atoms with Crippen molar-refractivity contribution in [2.45, 2.75) is 19.9 Å². The molecule has 0 unspecified atom stereocenters. The third-order valence-corrected chi connectivity index (χ3v) is 5.33. The molecular formula is C23H22N4O4. The Morgan fingerprint density at radius 2 is 1.87 bits per heavy atom. The molecule has 2 aromatic carbocycles. The molecule has 0 saturated carbocycles. The molecule has 0 aliphatic heterocycles. The van der Waals surface area contributed by atoms with Crippen molar-refractivity contribution in [1.82, 2.24) is 14.1 Å². The minimum absolute atomic E-state index is 0.182. The van der Waals surface area contributed by atoms with Crippen LogP contribution in [-0.4, -0.2) is 27.1 Å². The number of aryl methyl sites for hydroxylation is 2. The molecule has 158 valence electrons. The molecule has 0 atom stereocenters. The molecule has 2 heterocycles. The van der Waals surface area contributed by atoms with Gasteiger partial charge < -0.3 is 10.1 Å². The van der Waals surface area contributed by atoms with E-state index in [9.17, 15) is 14.4 Å². The topological polar surface area (TPSA) is 95.2 Å². The Kier molecular flexibility index (Phi) is 5.29. The third kappa shape index (κ3) is 3.46. The fourth-order valence-corrected chi connectivity index (χ4v) is 3.76. The predicted octanol–water partition coefficient (Wildman–Crippen LogP) is 2.46. The van der Waals surface area contributed by atoms with E-state index in [1.807, 2.05) is 43.3 Å². The lowest BCUT2D eigenvalue weighted by Gasteiger charge is -2.14. The van der Waals surface area contributed by atoms with E-state index in [2.05, 4.69) is 10.3 Å². The predicted molar refractivity (Wildman–Crippen MR) is 120 cm³/mol. The van der Waals surface area contributed by atoms with Gasteiger partial charge in [-0.3, -0.25) is 14.2 Å². The largest absolute Gasteiger partial charge is 0.495 e. The molecule has 0 radical (unpaired) electrons. The summed E-state index contributed by atoms with van der Waals surface area (Å²) in [6.07, 6.45) is 2.20. The minimum Gasteiger partial charge on any atom is -0.495 e. The van der Waals surface area contributed by atoms with Gasteiger partial charge in [0.1, 0.15) is 17.7 Å². The minimum atomic E-state index is -0.621. The monoisotopic (exact) mass is 418 g/mol. The number of aromatic nitrogens is 3. The van der Waals surface area contributed by atoms with Gasteiger partial charge in [-0.25, -0.2) is 14.3 Å². The summed E-state index contributed by atoms with van der Waals surface area (Å²) in [4.78, 5) is 43.1. The Morgan fingerprint density at radius 3 is 2.61 bits per heavy atom. The summed E-state index contributed by atoms with van der Waals surface area (Å²) >= 11 is 0. The molecule has 0 spiro atoms. The van der Waals surface area contributed by atoms with E-state index in [0.717, 1.165) is 20.9 Å². The van der Waals surface area contributed by atoms with E-state index < -0.39 is 23.7 Å². The van der Waals surface area contributed by atoms with Crippen molar-refractivity contribution in [3.05, 3.63) is 75.1 Å². The average Bonchev–Trinajstić information content (AvgIpc) is 2.79. The quantitative estimate of drug-likeness (QED) is 0.537. The molecule has 1 amide bonds. The first-order valence-corrected chi connectivity index (χ1v) is 9.89. The highest BCUT2D eigenvalue weighted by molar-refractivity contribution is 6.02. The Hall–Kier alpha value is -3.94. The number of nitrogens with zero attached hydrogens (tertiary/aromatic N) is 3. The summed E-state index contributed by atoms with van der Waals surface area (Å²) in [5.41, 5.74) is 0.351. The van der Waals surface area contributed by atoms with E-state index in [-0.39, 0.29) is 11.0 Å². The molecule has 31 heavy (non-hydrogen) atoms. The van der Waals surface area contributed by atoms with Gasteiger partial charge in [0.05, 0.1) is 7.11 Å². The van der Waals surface area contributed by atoms with Gasteiger partial charge in [0.2, 0.25) is 5.91 Å². The number of methoxy groups -OCH3 is 1. The average molecular weight is 418 g/mol. The lowest BCUT2D eigenvalue weighted by Crippen LogP contribution is -2.42. The van der Waals surface area contributed by atoms with Gasteiger partial charge in [0.25, 0.3) is 5.56 Å². The van der Waals surface area contributed by atoms with Crippen molar-refractivity contribution in [3.63, 3.8) is 0 Å². The van der Waals surface area contributed by atoms with Crippen LogP contribution in [0.2, 0.25) is 0 Å². The molecule has 0 aliphatic carbocycles. The Morgan fingerprint density at radius 1 is 1.13 bits per heavy atom. The Balaban J connectivity index is 1.78. The highest BCUT2D eigenvalue weighted by Gasteiger charge is 2.20. The van der Waals surface area contributed by atoms with Gasteiger partial charge >= 0.3 is 5.69 Å². The van der Waals surface area contributed by atoms with Crippen molar-refractivity contribution in [1.29, 1.82) is 0 Å². The van der Waals surface area contributed by atoms with Crippen LogP contribution in [0.25, 0.3) is 21.8 Å². The van der Waals surface area contributed by atoms with Gasteiger partial charge in [0.15, 0.2) is 5.65 Å². The van der Waals surface area contributed by atoms with Gasteiger partial charge in [0, 0.05) is 29.9 Å². The molecule has 0 saturated heterocycles. The second-order valence-electron chi connectivity index (χ2n) is 7.18. The van der Waals surface area contributed by atoms with Crippen molar-refractivity contribution < 1.29 is 9.53 Å². The maximum atomic E-state index is 13.2. The van der Waals surface area contributed by atoms with Crippen LogP contribution in [0.15, 0.2) is 58.3 Å². The Bertz CT molecular complexity index is 1430. The molecule has 8 nitrogen and oxygen atoms in total. The first kappa shape index (κ1) is 20.3. The zero-order valence-electron chi connectivity index (χ0n) is 17.5. The normalized spacial score (nSPS) is 11.1. The maximum absolute atomic E-state index is 13.2. The van der Waals surface area contributed by atoms with Crippen molar-refractivity contribution in [2.24, 2.45) is 7.05 Å². The summed E-state index contributed by atoms with van der Waals surface area (Å²) in [6, 6.07) is 13.2. The summed E-state index contributed by atoms with van der Waals surface area (Å²) in [6.45, 7) is 1.49. The number of pyridine rings is 1. The standard InChI is InChI=1S/C23H22N4O4/c1-4-14-12-24-21-19(20(14)31-3)22(29)27(23(30)26(21)2)13-18(28)25-17-11-7-9-15-8-5-6-10-16(15)17/h5-12H,4,13H2,1-3H3,(H,25,28). The van der Waals surface area contributed by atoms with E-state index in [0.29, 0.717) is 17.9 Å². The fourth-order valence-electron chi connectivity index (χ4n) is 3.76. The molecule has 2 aromatic heterocycles. The van der Waals surface area contributed by atoms with Crippen LogP contribution in [0, 0.1) is 0 Å². The Labute approximate surface area is 177 Å². The number of anilines is 1. The molecule has 1 N–H and O–H groups in total. The van der Waals surface area contributed by atoms with E-state index >= 15 is 0 Å². The van der Waals surface area contributed by atoms with Gasteiger partial charge in [-0.1, -0.05) is 43.3 Å². The first-order valence-electron chi connectivity index (χ1n) is 9.89. The molecular weight excluding hydrogens is 396 g/mol. The lowest BCUT2D eigenvalue weighted by molar-refractivity contribution is -0.116. The number of carbonyl (C=O) groups excluding carboxylic acids is 1. The number of nitrogens with one attached hydrogen (secondary N) is 1. The lowest BCUT2D eigenvalue weighted by atomic mass is 10.1. The molecule has 0 bridgehead atoms. The number of hydrogen-bond donors (Lipinski definition) is 1. The van der Waals surface area contributed by atoms with Crippen LogP contribution < -0.4 is 21.3 Å². The smallest absolute Gasteiger partial charge is 0.332 e. The summed E-state index contributed by atoms with van der Waals surface area (Å²) < 4.78 is 7.62. The van der Waals surface area contributed by atoms with Crippen molar-refractivity contribution in [2.75, 3.05) is 12.4 Å². The molecule has 0 aliphatic rings. The van der Waals surface area contributed by atoms with Crippen LogP contribution in [0.1, 0.15) is 12.5 Å². The van der Waals surface area contributed by atoms with Gasteiger partial charge in [-0.15, -0.1) is 0 Å². The highest BCUT2D eigenvalue weighted by atomic mass is 16.5. The highest BCUT2D eigenvalue weighted by Crippen LogP contribution is 2.25. The number of hydrogen-bond acceptors (Lipinski definition) is 5. The zero-order valence-corrected chi connectivity index (χ0v) is 17.5. The van der Waals surface area contributed by atoms with Crippen LogP contribution in [0.3, 0.4) is 0 Å². The molecule has 8 heteroatoms. The molecule has 4 rings (SSSR count). The SMILES string of the molecule is CCc1cnc2c(c1OC)c(=O)n(CC(=O)Nc1cccc3ccccc13)c(=O)n2C. The first-order chi connectivity index (χ1) is 15.0. The summed E-state index contributed by atoms with van der Waals surface area (Å²) in [5.74, 6) is -0.107. The number of ether oxygens (including phenoxy) is 1. The maximum Gasteiger partial charge on any atom is 0.332 e. The van der Waals surface area contributed by atoms with Gasteiger partial charge in [-0.05, 0) is 17.9 Å². The number of rotatable bonds is 5. The molecule has 4 aromatic rings. The third-order valence-electron chi connectivity index (χ3n) is 5.33. The van der Waals surface area contributed by atoms with Gasteiger partial charge in [-0.2, -0.15) is 0 Å². The number of benzene rings is 2. The van der Waals surface area contributed by atoms with Crippen molar-refractivity contribution >= 4 is 33.4 Å². The van der Waals surface area contributed by atoms with Crippen molar-refractivity contribution in [3.8, 4) is 5.75 Å². The van der Waals surface area contributed by atoms with Crippen LogP contribution in [-0.2, 0) is 24.8 Å². The van der Waals surface area contributed by atoms with Crippen LogP contribution in [0.4, 0.5) is 5.69 Å².